The first kappa shape index (κ1) is 14.5. The molecule has 1 aromatic heterocycles. The maximum atomic E-state index is 5.11. The predicted molar refractivity (Wildman–Crippen MR) is 72.2 cm³/mol. The Hall–Kier alpha value is -1.52. The van der Waals surface area contributed by atoms with E-state index in [9.17, 15) is 0 Å². The fourth-order valence-electron chi connectivity index (χ4n) is 1.20. The Balaban J connectivity index is 2.78. The molecule has 1 rings (SSSR count). The Morgan fingerprint density at radius 2 is 1.67 bits per heavy atom. The minimum Gasteiger partial charge on any atom is -0.481 e. The summed E-state index contributed by atoms with van der Waals surface area (Å²) in [6, 6.07) is 1.65. The fraction of sp³-hybridized carbons (Fsp3) is 0.692. The molecular formula is C13H23N3O2. The molecule has 1 heterocycles. The average molecular weight is 253 g/mol. The molecule has 0 saturated heterocycles. The minimum absolute atomic E-state index is 0.166. The quantitative estimate of drug-likeness (QED) is 0.844. The molecule has 1 aromatic rings. The van der Waals surface area contributed by atoms with Gasteiger partial charge >= 0.3 is 0 Å². The third-order valence-corrected chi connectivity index (χ3v) is 3.36. The van der Waals surface area contributed by atoms with Crippen molar-refractivity contribution < 1.29 is 9.47 Å². The van der Waals surface area contributed by atoms with Crippen LogP contribution >= 0.6 is 0 Å². The highest BCUT2D eigenvalue weighted by Gasteiger charge is 2.22. The molecule has 0 aliphatic heterocycles. The molecule has 18 heavy (non-hydrogen) atoms. The zero-order chi connectivity index (χ0) is 13.8. The van der Waals surface area contributed by atoms with Gasteiger partial charge in [-0.15, -0.1) is 0 Å². The Morgan fingerprint density at radius 3 is 2.06 bits per heavy atom. The van der Waals surface area contributed by atoms with Crippen molar-refractivity contribution in [1.29, 1.82) is 0 Å². The smallest absolute Gasteiger partial charge is 0.229 e. The van der Waals surface area contributed by atoms with Crippen molar-refractivity contribution in [3.8, 4) is 11.8 Å². The molecule has 0 unspecified atom stereocenters. The van der Waals surface area contributed by atoms with Gasteiger partial charge in [-0.3, -0.25) is 0 Å². The van der Waals surface area contributed by atoms with E-state index in [2.05, 4.69) is 43.0 Å². The van der Waals surface area contributed by atoms with Crippen LogP contribution in [0.3, 0.4) is 0 Å². The third kappa shape index (κ3) is 3.75. The molecule has 5 nitrogen and oxygen atoms in total. The summed E-state index contributed by atoms with van der Waals surface area (Å²) < 4.78 is 10.2. The van der Waals surface area contributed by atoms with Crippen LogP contribution in [-0.4, -0.2) is 30.7 Å². The van der Waals surface area contributed by atoms with E-state index in [0.29, 0.717) is 23.6 Å². The molecular weight excluding hydrogens is 230 g/mol. The number of hydrogen-bond donors (Lipinski definition) is 1. The van der Waals surface area contributed by atoms with Gasteiger partial charge in [0.15, 0.2) is 0 Å². The molecule has 1 N–H and O–H groups in total. The van der Waals surface area contributed by atoms with Crippen LogP contribution in [0.5, 0.6) is 11.8 Å². The third-order valence-electron chi connectivity index (χ3n) is 3.36. The van der Waals surface area contributed by atoms with Crippen molar-refractivity contribution in [1.82, 2.24) is 9.97 Å². The Labute approximate surface area is 109 Å². The molecule has 0 spiro atoms. The van der Waals surface area contributed by atoms with Crippen LogP contribution in [0.15, 0.2) is 6.07 Å². The van der Waals surface area contributed by atoms with E-state index in [-0.39, 0.29) is 5.41 Å². The Morgan fingerprint density at radius 1 is 1.17 bits per heavy atom. The number of rotatable bonds is 6. The number of anilines is 1. The zero-order valence-electron chi connectivity index (χ0n) is 12.1. The summed E-state index contributed by atoms with van der Waals surface area (Å²) in [7, 11) is 3.15. The van der Waals surface area contributed by atoms with Crippen molar-refractivity contribution in [2.45, 2.75) is 27.7 Å². The molecule has 0 aliphatic carbocycles. The maximum Gasteiger partial charge on any atom is 0.229 e. The van der Waals surface area contributed by atoms with E-state index < -0.39 is 0 Å². The van der Waals surface area contributed by atoms with E-state index in [0.717, 1.165) is 6.54 Å². The van der Waals surface area contributed by atoms with E-state index in [1.165, 1.54) is 0 Å². The lowest BCUT2D eigenvalue weighted by Crippen LogP contribution is -2.29. The second-order valence-electron chi connectivity index (χ2n) is 5.27. The van der Waals surface area contributed by atoms with Crippen LogP contribution in [0.4, 0.5) is 5.95 Å². The second-order valence-corrected chi connectivity index (χ2v) is 5.27. The van der Waals surface area contributed by atoms with Gasteiger partial charge in [0.1, 0.15) is 0 Å². The zero-order valence-corrected chi connectivity index (χ0v) is 12.1. The van der Waals surface area contributed by atoms with Crippen LogP contribution in [0, 0.1) is 11.3 Å². The fourth-order valence-corrected chi connectivity index (χ4v) is 1.20. The summed E-state index contributed by atoms with van der Waals surface area (Å²) in [6.45, 7) is 9.62. The van der Waals surface area contributed by atoms with Crippen LogP contribution in [0.25, 0.3) is 0 Å². The number of ether oxygens (including phenoxy) is 2. The summed E-state index contributed by atoms with van der Waals surface area (Å²) in [5.41, 5.74) is 0.166. The highest BCUT2D eigenvalue weighted by atomic mass is 16.5. The normalized spacial score (nSPS) is 11.5. The number of aromatic nitrogens is 2. The topological polar surface area (TPSA) is 56.3 Å². The van der Waals surface area contributed by atoms with Gasteiger partial charge in [-0.1, -0.05) is 27.7 Å². The van der Waals surface area contributed by atoms with Crippen molar-refractivity contribution >= 4 is 5.95 Å². The monoisotopic (exact) mass is 253 g/mol. The number of nitrogens with one attached hydrogen (secondary N) is 1. The molecule has 5 heteroatoms. The summed E-state index contributed by atoms with van der Waals surface area (Å²) >= 11 is 0. The average Bonchev–Trinajstić information content (AvgIpc) is 2.35. The number of hydrogen-bond acceptors (Lipinski definition) is 5. The lowest BCUT2D eigenvalue weighted by Gasteiger charge is -2.29. The van der Waals surface area contributed by atoms with Gasteiger partial charge in [-0.25, -0.2) is 0 Å². The molecule has 0 aromatic carbocycles. The number of methoxy groups -OCH3 is 2. The molecule has 0 saturated carbocycles. The van der Waals surface area contributed by atoms with E-state index in [1.807, 2.05) is 0 Å². The molecule has 0 fully saturated rings. The highest BCUT2D eigenvalue weighted by Crippen LogP contribution is 2.26. The summed E-state index contributed by atoms with van der Waals surface area (Å²) in [5, 5.41) is 3.23. The second kappa shape index (κ2) is 5.89. The lowest BCUT2D eigenvalue weighted by molar-refractivity contribution is 0.269. The Bertz CT molecular complexity index is 370. The van der Waals surface area contributed by atoms with Gasteiger partial charge in [0.25, 0.3) is 0 Å². The lowest BCUT2D eigenvalue weighted by atomic mass is 9.81. The first-order valence-corrected chi connectivity index (χ1v) is 6.10. The summed E-state index contributed by atoms with van der Waals surface area (Å²) in [5.74, 6) is 2.08. The van der Waals surface area contributed by atoms with Gasteiger partial charge in [0.2, 0.25) is 17.7 Å². The highest BCUT2D eigenvalue weighted by molar-refractivity contribution is 5.33. The van der Waals surface area contributed by atoms with E-state index in [4.69, 9.17) is 9.47 Å². The largest absolute Gasteiger partial charge is 0.481 e. The SMILES string of the molecule is COc1cc(OC)nc(NCC(C)(C)C(C)C)n1. The van der Waals surface area contributed by atoms with Crippen LogP contribution < -0.4 is 14.8 Å². The molecule has 0 amide bonds. The molecule has 102 valence electrons. The number of nitrogens with zero attached hydrogens (tertiary/aromatic N) is 2. The van der Waals surface area contributed by atoms with Crippen molar-refractivity contribution in [3.63, 3.8) is 0 Å². The Kier molecular flexibility index (Phi) is 4.76. The summed E-state index contributed by atoms with van der Waals surface area (Å²) in [4.78, 5) is 8.48. The maximum absolute atomic E-state index is 5.11. The van der Waals surface area contributed by atoms with Crippen molar-refractivity contribution in [2.24, 2.45) is 11.3 Å². The minimum atomic E-state index is 0.166. The van der Waals surface area contributed by atoms with Gasteiger partial charge in [0, 0.05) is 6.54 Å². The van der Waals surface area contributed by atoms with E-state index in [1.54, 1.807) is 20.3 Å². The van der Waals surface area contributed by atoms with Gasteiger partial charge in [-0.2, -0.15) is 9.97 Å². The molecule has 0 atom stereocenters. The van der Waals surface area contributed by atoms with E-state index >= 15 is 0 Å². The first-order chi connectivity index (χ1) is 8.39. The van der Waals surface area contributed by atoms with Crippen molar-refractivity contribution in [2.75, 3.05) is 26.1 Å². The standard InChI is InChI=1S/C13H23N3O2/c1-9(2)13(3,4)8-14-12-15-10(17-5)7-11(16-12)18-6/h7,9H,8H2,1-6H3,(H,14,15,16). The van der Waals surface area contributed by atoms with Gasteiger partial charge < -0.3 is 14.8 Å². The van der Waals surface area contributed by atoms with Crippen LogP contribution in [-0.2, 0) is 0 Å². The van der Waals surface area contributed by atoms with Crippen LogP contribution in [0.2, 0.25) is 0 Å². The van der Waals surface area contributed by atoms with Crippen LogP contribution in [0.1, 0.15) is 27.7 Å². The van der Waals surface area contributed by atoms with Crippen molar-refractivity contribution in [3.05, 3.63) is 6.07 Å². The van der Waals surface area contributed by atoms with Gasteiger partial charge in [-0.05, 0) is 11.3 Å². The molecule has 0 aliphatic rings. The summed E-state index contributed by atoms with van der Waals surface area (Å²) in [6.07, 6.45) is 0. The predicted octanol–water partition coefficient (Wildman–Crippen LogP) is 2.59. The molecule has 0 bridgehead atoms. The van der Waals surface area contributed by atoms with Gasteiger partial charge in [0.05, 0.1) is 20.3 Å². The first-order valence-electron chi connectivity index (χ1n) is 6.10. The molecule has 0 radical (unpaired) electrons.